The van der Waals surface area contributed by atoms with Crippen molar-refractivity contribution >= 4 is 0 Å². The lowest BCUT2D eigenvalue weighted by atomic mass is 10.0. The van der Waals surface area contributed by atoms with E-state index in [1.165, 1.54) is 276 Å². The first kappa shape index (κ1) is 55.9. The SMILES string of the molecule is CC.CCCCCCCCCCCCCCCCCCCCCCNC1CNCCN1CCCCCCCCCCCCCCCCCCCCCC.N. The normalized spacial score (nSPS) is 14.6. The zero-order valence-corrected chi connectivity index (χ0v) is 38.6. The van der Waals surface area contributed by atoms with Gasteiger partial charge in [0.05, 0.1) is 6.17 Å². The van der Waals surface area contributed by atoms with E-state index in [-0.39, 0.29) is 6.15 Å². The van der Waals surface area contributed by atoms with Crippen molar-refractivity contribution in [2.75, 3.05) is 32.7 Å². The summed E-state index contributed by atoms with van der Waals surface area (Å²) in [5.74, 6) is 0. The summed E-state index contributed by atoms with van der Waals surface area (Å²) in [5, 5.41) is 7.54. The van der Waals surface area contributed by atoms with Crippen LogP contribution >= 0.6 is 0 Å². The van der Waals surface area contributed by atoms with Gasteiger partial charge in [-0.1, -0.05) is 272 Å². The first-order valence-electron chi connectivity index (χ1n) is 25.6. The van der Waals surface area contributed by atoms with Gasteiger partial charge in [-0.2, -0.15) is 0 Å². The molecule has 1 unspecified atom stereocenters. The van der Waals surface area contributed by atoms with Crippen LogP contribution in [0.25, 0.3) is 0 Å². The Morgan fingerprint density at radius 1 is 0.389 bits per heavy atom. The molecule has 1 aliphatic rings. The molecule has 0 bridgehead atoms. The van der Waals surface area contributed by atoms with Crippen LogP contribution in [0.3, 0.4) is 0 Å². The molecule has 5 N–H and O–H groups in total. The highest BCUT2D eigenvalue weighted by molar-refractivity contribution is 4.78. The summed E-state index contributed by atoms with van der Waals surface area (Å²) < 4.78 is 0. The standard InChI is InChI=1S/C48H99N3.C2H6.H3N/c1-3-5-7-9-11-13-15-17-19-21-23-25-27-29-31-33-35-37-39-41-43-50-48-47-49-44-46-51(48)45-42-40-38-36-34-32-30-28-26-24-22-20-18-16-14-12-10-8-6-4-2;1-2;/h48-50H,3-47H2,1-2H3;1-2H3;1H3. The zero-order valence-electron chi connectivity index (χ0n) is 38.6. The van der Waals surface area contributed by atoms with Crippen molar-refractivity contribution < 1.29 is 0 Å². The molecule has 0 spiro atoms. The van der Waals surface area contributed by atoms with Gasteiger partial charge in [0.15, 0.2) is 0 Å². The summed E-state index contributed by atoms with van der Waals surface area (Å²) in [6.45, 7) is 14.6. The van der Waals surface area contributed by atoms with E-state index < -0.39 is 0 Å². The molecule has 1 saturated heterocycles. The highest BCUT2D eigenvalue weighted by atomic mass is 15.3. The van der Waals surface area contributed by atoms with Gasteiger partial charge in [-0.25, -0.2) is 0 Å². The third-order valence-electron chi connectivity index (χ3n) is 12.1. The molecule has 1 fully saturated rings. The monoisotopic (exact) mass is 765 g/mol. The van der Waals surface area contributed by atoms with Crippen LogP contribution in [-0.4, -0.2) is 43.8 Å². The lowest BCUT2D eigenvalue weighted by molar-refractivity contribution is 0.130. The van der Waals surface area contributed by atoms with Gasteiger partial charge in [-0.15, -0.1) is 0 Å². The quantitative estimate of drug-likeness (QED) is 0.0541. The van der Waals surface area contributed by atoms with E-state index in [0.717, 1.165) is 13.1 Å². The summed E-state index contributed by atoms with van der Waals surface area (Å²) in [7, 11) is 0. The highest BCUT2D eigenvalue weighted by Crippen LogP contribution is 2.17. The second-order valence-electron chi connectivity index (χ2n) is 17.1. The molecular formula is C50H108N4. The number of piperazine rings is 1. The Hall–Kier alpha value is -0.160. The first-order chi connectivity index (χ1) is 26.4. The fraction of sp³-hybridized carbons (Fsp3) is 1.00. The fourth-order valence-electron chi connectivity index (χ4n) is 8.43. The Labute approximate surface area is 344 Å². The van der Waals surface area contributed by atoms with Crippen LogP contribution in [0, 0.1) is 0 Å². The summed E-state index contributed by atoms with van der Waals surface area (Å²) in [6.07, 6.45) is 58.9. The van der Waals surface area contributed by atoms with E-state index in [0.29, 0.717) is 6.17 Å². The maximum absolute atomic E-state index is 3.91. The second-order valence-corrected chi connectivity index (χ2v) is 17.1. The molecule has 328 valence electrons. The van der Waals surface area contributed by atoms with Crippen LogP contribution in [0.4, 0.5) is 0 Å². The van der Waals surface area contributed by atoms with Crippen molar-refractivity contribution in [1.29, 1.82) is 0 Å². The summed E-state index contributed by atoms with van der Waals surface area (Å²) in [6, 6.07) is 0. The van der Waals surface area contributed by atoms with E-state index in [9.17, 15) is 0 Å². The predicted octanol–water partition coefficient (Wildman–Crippen LogP) is 16.6. The average molecular weight is 765 g/mol. The van der Waals surface area contributed by atoms with Gasteiger partial charge in [-0.05, 0) is 25.9 Å². The Morgan fingerprint density at radius 2 is 0.648 bits per heavy atom. The molecule has 1 aliphatic heterocycles. The molecule has 1 heterocycles. The third kappa shape index (κ3) is 43.0. The first-order valence-corrected chi connectivity index (χ1v) is 25.6. The molecule has 4 nitrogen and oxygen atoms in total. The minimum Gasteiger partial charge on any atom is -0.344 e. The highest BCUT2D eigenvalue weighted by Gasteiger charge is 2.20. The Morgan fingerprint density at radius 3 is 0.944 bits per heavy atom. The van der Waals surface area contributed by atoms with Crippen molar-refractivity contribution in [1.82, 2.24) is 21.7 Å². The maximum atomic E-state index is 3.91. The third-order valence-corrected chi connectivity index (χ3v) is 12.1. The van der Waals surface area contributed by atoms with Crippen LogP contribution < -0.4 is 16.8 Å². The van der Waals surface area contributed by atoms with Crippen LogP contribution in [-0.2, 0) is 0 Å². The lowest BCUT2D eigenvalue weighted by Gasteiger charge is -2.36. The largest absolute Gasteiger partial charge is 0.344 e. The van der Waals surface area contributed by atoms with Crippen molar-refractivity contribution in [2.45, 2.75) is 291 Å². The summed E-state index contributed by atoms with van der Waals surface area (Å²) >= 11 is 0. The number of nitrogens with zero attached hydrogens (tertiary/aromatic N) is 1. The molecule has 0 aromatic carbocycles. The molecule has 1 rings (SSSR count). The van der Waals surface area contributed by atoms with Crippen molar-refractivity contribution in [2.24, 2.45) is 0 Å². The number of unbranched alkanes of at least 4 members (excludes halogenated alkanes) is 38. The molecule has 1 atom stereocenters. The Bertz CT molecular complexity index is 628. The number of hydrogen-bond donors (Lipinski definition) is 3. The molecule has 4 heteroatoms. The maximum Gasteiger partial charge on any atom is 0.0726 e. The smallest absolute Gasteiger partial charge is 0.0726 e. The Balaban J connectivity index is 0. The van der Waals surface area contributed by atoms with Gasteiger partial charge < -0.3 is 16.8 Å². The molecule has 0 aliphatic carbocycles. The zero-order chi connectivity index (χ0) is 38.4. The molecule has 54 heavy (non-hydrogen) atoms. The summed E-state index contributed by atoms with van der Waals surface area (Å²) in [4.78, 5) is 2.74. The van der Waals surface area contributed by atoms with Crippen LogP contribution in [0.5, 0.6) is 0 Å². The van der Waals surface area contributed by atoms with E-state index >= 15 is 0 Å². The van der Waals surface area contributed by atoms with E-state index in [1.807, 2.05) is 13.8 Å². The van der Waals surface area contributed by atoms with Crippen LogP contribution in [0.1, 0.15) is 285 Å². The van der Waals surface area contributed by atoms with Gasteiger partial charge in [0.25, 0.3) is 0 Å². The average Bonchev–Trinajstić information content (AvgIpc) is 3.19. The number of hydrogen-bond acceptors (Lipinski definition) is 4. The van der Waals surface area contributed by atoms with Crippen LogP contribution in [0.2, 0.25) is 0 Å². The van der Waals surface area contributed by atoms with Gasteiger partial charge in [0.1, 0.15) is 0 Å². The van der Waals surface area contributed by atoms with E-state index in [1.54, 1.807) is 0 Å². The second kappa shape index (κ2) is 50.9. The van der Waals surface area contributed by atoms with Crippen molar-refractivity contribution in [3.8, 4) is 0 Å². The van der Waals surface area contributed by atoms with E-state index in [4.69, 9.17) is 0 Å². The lowest BCUT2D eigenvalue weighted by Crippen LogP contribution is -2.58. The summed E-state index contributed by atoms with van der Waals surface area (Å²) in [5.41, 5.74) is 0. The number of nitrogens with one attached hydrogen (secondary N) is 2. The number of rotatable bonds is 43. The topological polar surface area (TPSA) is 62.3 Å². The van der Waals surface area contributed by atoms with Crippen molar-refractivity contribution in [3.05, 3.63) is 0 Å². The minimum atomic E-state index is 0. The van der Waals surface area contributed by atoms with Gasteiger partial charge in [-0.3, -0.25) is 4.90 Å². The fourth-order valence-corrected chi connectivity index (χ4v) is 8.43. The molecule has 0 radical (unpaired) electrons. The van der Waals surface area contributed by atoms with Gasteiger partial charge in [0, 0.05) is 19.6 Å². The molecular weight excluding hydrogens is 657 g/mol. The van der Waals surface area contributed by atoms with Gasteiger partial charge in [0.2, 0.25) is 0 Å². The minimum absolute atomic E-state index is 0. The molecule has 0 amide bonds. The van der Waals surface area contributed by atoms with Gasteiger partial charge >= 0.3 is 0 Å². The Kier molecular flexibility index (Phi) is 52.7. The predicted molar refractivity (Wildman–Crippen MR) is 249 cm³/mol. The van der Waals surface area contributed by atoms with E-state index in [2.05, 4.69) is 29.4 Å². The van der Waals surface area contributed by atoms with Crippen molar-refractivity contribution in [3.63, 3.8) is 0 Å². The molecule has 0 aromatic rings. The van der Waals surface area contributed by atoms with Crippen LogP contribution in [0.15, 0.2) is 0 Å². The molecule has 0 aromatic heterocycles. The molecule has 0 saturated carbocycles.